The summed E-state index contributed by atoms with van der Waals surface area (Å²) in [7, 11) is 0. The van der Waals surface area contributed by atoms with Crippen LogP contribution in [0, 0.1) is 5.92 Å². The van der Waals surface area contributed by atoms with Crippen LogP contribution in [0.15, 0.2) is 30.3 Å². The molecule has 1 aromatic rings. The smallest absolute Gasteiger partial charge is 0.326 e. The molecule has 0 fully saturated rings. The summed E-state index contributed by atoms with van der Waals surface area (Å²) in [6, 6.07) is 6.17. The molecule has 1 aromatic carbocycles. The zero-order valence-electron chi connectivity index (χ0n) is 15.0. The Kier molecular flexibility index (Phi) is 9.15. The molecule has 0 saturated heterocycles. The lowest BCUT2D eigenvalue weighted by Crippen LogP contribution is -2.56. The minimum atomic E-state index is -1.15. The molecule has 2 amide bonds. The van der Waals surface area contributed by atoms with Crippen molar-refractivity contribution in [3.63, 3.8) is 0 Å². The van der Waals surface area contributed by atoms with E-state index < -0.39 is 35.9 Å². The highest BCUT2D eigenvalue weighted by atomic mass is 32.1. The van der Waals surface area contributed by atoms with Gasteiger partial charge in [-0.05, 0) is 11.5 Å². The minimum absolute atomic E-state index is 0.0302. The molecule has 0 radical (unpaired) electrons. The first-order chi connectivity index (χ1) is 12.3. The number of rotatable bonds is 10. The SMILES string of the molecule is CCC(C)C(N)C(=O)NC(CS)C(=O)NC(Cc1ccccc1)C(=O)O. The second-order valence-corrected chi connectivity index (χ2v) is 6.61. The van der Waals surface area contributed by atoms with E-state index in [1.165, 1.54) is 0 Å². The summed E-state index contributed by atoms with van der Waals surface area (Å²) >= 11 is 4.08. The van der Waals surface area contributed by atoms with Gasteiger partial charge in [0.15, 0.2) is 0 Å². The molecule has 0 heterocycles. The first-order valence-electron chi connectivity index (χ1n) is 8.54. The molecule has 0 aliphatic carbocycles. The number of benzene rings is 1. The Bertz CT molecular complexity index is 612. The predicted molar refractivity (Wildman–Crippen MR) is 103 cm³/mol. The molecule has 0 bridgehead atoms. The van der Waals surface area contributed by atoms with E-state index in [9.17, 15) is 19.5 Å². The van der Waals surface area contributed by atoms with Gasteiger partial charge in [-0.25, -0.2) is 4.79 Å². The molecule has 0 saturated carbocycles. The van der Waals surface area contributed by atoms with Crippen LogP contribution in [0.2, 0.25) is 0 Å². The van der Waals surface area contributed by atoms with Crippen LogP contribution in [-0.4, -0.2) is 46.8 Å². The third kappa shape index (κ3) is 6.68. The van der Waals surface area contributed by atoms with Crippen molar-refractivity contribution in [3.8, 4) is 0 Å². The van der Waals surface area contributed by atoms with E-state index in [0.717, 1.165) is 12.0 Å². The molecule has 1 rings (SSSR count). The second kappa shape index (κ2) is 10.8. The normalized spacial score (nSPS) is 15.4. The van der Waals surface area contributed by atoms with Crippen molar-refractivity contribution < 1.29 is 19.5 Å². The van der Waals surface area contributed by atoms with Crippen molar-refractivity contribution in [1.29, 1.82) is 0 Å². The summed E-state index contributed by atoms with van der Waals surface area (Å²) in [5.41, 5.74) is 6.65. The van der Waals surface area contributed by atoms with Crippen LogP contribution in [0.25, 0.3) is 0 Å². The molecule has 0 aliphatic heterocycles. The van der Waals surface area contributed by atoms with Gasteiger partial charge in [0, 0.05) is 12.2 Å². The highest BCUT2D eigenvalue weighted by Crippen LogP contribution is 2.07. The van der Waals surface area contributed by atoms with E-state index in [1.807, 2.05) is 19.9 Å². The van der Waals surface area contributed by atoms with Gasteiger partial charge in [0.1, 0.15) is 12.1 Å². The summed E-state index contributed by atoms with van der Waals surface area (Å²) in [4.78, 5) is 36.0. The lowest BCUT2D eigenvalue weighted by Gasteiger charge is -2.23. The topological polar surface area (TPSA) is 122 Å². The van der Waals surface area contributed by atoms with E-state index in [4.69, 9.17) is 5.73 Å². The van der Waals surface area contributed by atoms with Gasteiger partial charge in [-0.15, -0.1) is 0 Å². The molecule has 26 heavy (non-hydrogen) atoms. The van der Waals surface area contributed by atoms with Crippen molar-refractivity contribution in [2.24, 2.45) is 11.7 Å². The lowest BCUT2D eigenvalue weighted by molar-refractivity contribution is -0.142. The van der Waals surface area contributed by atoms with E-state index in [0.29, 0.717) is 0 Å². The average molecular weight is 381 g/mol. The number of carbonyl (C=O) groups is 3. The molecule has 8 heteroatoms. The summed E-state index contributed by atoms with van der Waals surface area (Å²) in [6.07, 6.45) is 0.867. The van der Waals surface area contributed by atoms with Crippen molar-refractivity contribution in [1.82, 2.24) is 10.6 Å². The monoisotopic (exact) mass is 381 g/mol. The second-order valence-electron chi connectivity index (χ2n) is 6.24. The molecule has 5 N–H and O–H groups in total. The summed E-state index contributed by atoms with van der Waals surface area (Å²) < 4.78 is 0. The van der Waals surface area contributed by atoms with Crippen molar-refractivity contribution >= 4 is 30.4 Å². The maximum atomic E-state index is 12.4. The minimum Gasteiger partial charge on any atom is -0.480 e. The average Bonchev–Trinajstić information content (AvgIpc) is 2.64. The largest absolute Gasteiger partial charge is 0.480 e. The zero-order valence-corrected chi connectivity index (χ0v) is 15.9. The Morgan fingerprint density at radius 3 is 2.19 bits per heavy atom. The first kappa shape index (κ1) is 22.0. The maximum absolute atomic E-state index is 12.4. The number of carboxylic acid groups (broad SMARTS) is 1. The summed E-state index contributed by atoms with van der Waals surface area (Å²) in [5.74, 6) is -2.22. The summed E-state index contributed by atoms with van der Waals surface area (Å²) in [5, 5.41) is 14.4. The molecule has 4 atom stereocenters. The van der Waals surface area contributed by atoms with Crippen LogP contribution >= 0.6 is 12.6 Å². The third-order valence-corrected chi connectivity index (χ3v) is 4.64. The fourth-order valence-corrected chi connectivity index (χ4v) is 2.55. The van der Waals surface area contributed by atoms with E-state index in [1.54, 1.807) is 24.3 Å². The maximum Gasteiger partial charge on any atom is 0.326 e. The molecule has 0 spiro atoms. The number of aliphatic carboxylic acids is 1. The number of nitrogens with one attached hydrogen (secondary N) is 2. The number of thiol groups is 1. The Balaban J connectivity index is 2.73. The van der Waals surface area contributed by atoms with Crippen molar-refractivity contribution in [3.05, 3.63) is 35.9 Å². The fourth-order valence-electron chi connectivity index (χ4n) is 2.30. The zero-order chi connectivity index (χ0) is 19.7. The lowest BCUT2D eigenvalue weighted by atomic mass is 9.99. The number of carbonyl (C=O) groups excluding carboxylic acids is 2. The highest BCUT2D eigenvalue weighted by molar-refractivity contribution is 7.80. The highest BCUT2D eigenvalue weighted by Gasteiger charge is 2.28. The van der Waals surface area contributed by atoms with Gasteiger partial charge in [0.05, 0.1) is 6.04 Å². The van der Waals surface area contributed by atoms with Crippen LogP contribution in [0.4, 0.5) is 0 Å². The van der Waals surface area contributed by atoms with Gasteiger partial charge in [-0.2, -0.15) is 12.6 Å². The Morgan fingerprint density at radius 1 is 1.12 bits per heavy atom. The Hall–Kier alpha value is -2.06. The van der Waals surface area contributed by atoms with Crippen LogP contribution in [-0.2, 0) is 20.8 Å². The molecule has 7 nitrogen and oxygen atoms in total. The molecule has 0 aromatic heterocycles. The van der Waals surface area contributed by atoms with Crippen molar-refractivity contribution in [2.45, 2.75) is 44.8 Å². The van der Waals surface area contributed by atoms with E-state index in [2.05, 4.69) is 23.3 Å². The fraction of sp³-hybridized carbons (Fsp3) is 0.500. The van der Waals surface area contributed by atoms with Crippen LogP contribution < -0.4 is 16.4 Å². The molecule has 4 unspecified atom stereocenters. The number of hydrogen-bond acceptors (Lipinski definition) is 5. The van der Waals surface area contributed by atoms with E-state index in [-0.39, 0.29) is 18.1 Å². The quantitative estimate of drug-likeness (QED) is 0.380. The van der Waals surface area contributed by atoms with Crippen LogP contribution in [0.3, 0.4) is 0 Å². The Labute approximate surface area is 159 Å². The molecular formula is C18H27N3O4S. The van der Waals surface area contributed by atoms with Crippen molar-refractivity contribution in [2.75, 3.05) is 5.75 Å². The van der Waals surface area contributed by atoms with Gasteiger partial charge in [0.2, 0.25) is 11.8 Å². The molecule has 144 valence electrons. The number of nitrogens with two attached hydrogens (primary N) is 1. The molecular weight excluding hydrogens is 354 g/mol. The van der Waals surface area contributed by atoms with Gasteiger partial charge in [-0.1, -0.05) is 50.6 Å². The predicted octanol–water partition coefficient (Wildman–Crippen LogP) is 0.587. The first-order valence-corrected chi connectivity index (χ1v) is 9.17. The summed E-state index contributed by atoms with van der Waals surface area (Å²) in [6.45, 7) is 3.77. The van der Waals surface area contributed by atoms with Gasteiger partial charge in [-0.3, -0.25) is 9.59 Å². The van der Waals surface area contributed by atoms with E-state index >= 15 is 0 Å². The van der Waals surface area contributed by atoms with Gasteiger partial charge < -0.3 is 21.5 Å². The third-order valence-electron chi connectivity index (χ3n) is 4.27. The molecule has 0 aliphatic rings. The number of hydrogen-bond donors (Lipinski definition) is 5. The van der Waals surface area contributed by atoms with Gasteiger partial charge in [0.25, 0.3) is 0 Å². The Morgan fingerprint density at radius 2 is 1.69 bits per heavy atom. The number of amides is 2. The number of carboxylic acids is 1. The van der Waals surface area contributed by atoms with Gasteiger partial charge >= 0.3 is 5.97 Å². The standard InChI is InChI=1S/C18H27N3O4S/c1-3-11(2)15(19)17(23)21-14(10-26)16(22)20-13(18(24)25)9-12-7-5-4-6-8-12/h4-8,11,13-15,26H,3,9-10,19H2,1-2H3,(H,20,22)(H,21,23)(H,24,25). The van der Waals surface area contributed by atoms with Crippen LogP contribution in [0.5, 0.6) is 0 Å². The van der Waals surface area contributed by atoms with Crippen LogP contribution in [0.1, 0.15) is 25.8 Å².